The van der Waals surface area contributed by atoms with E-state index in [-0.39, 0.29) is 0 Å². The third-order valence-electron chi connectivity index (χ3n) is 4.85. The quantitative estimate of drug-likeness (QED) is 0.708. The average molecular weight is 367 g/mol. The van der Waals surface area contributed by atoms with E-state index in [4.69, 9.17) is 15.5 Å². The first kappa shape index (κ1) is 17.7. The summed E-state index contributed by atoms with van der Waals surface area (Å²) in [6.07, 6.45) is 0. The zero-order valence-electron chi connectivity index (χ0n) is 15.8. The number of aryl methyl sites for hydroxylation is 2. The van der Waals surface area contributed by atoms with Gasteiger partial charge in [-0.05, 0) is 13.0 Å². The summed E-state index contributed by atoms with van der Waals surface area (Å²) in [6, 6.07) is 8.23. The first-order valence-corrected chi connectivity index (χ1v) is 9.23. The highest BCUT2D eigenvalue weighted by Gasteiger charge is 2.17. The molecule has 1 saturated heterocycles. The summed E-state index contributed by atoms with van der Waals surface area (Å²) in [5.74, 6) is 1.15. The largest absolute Gasteiger partial charge is 0.383 e. The summed E-state index contributed by atoms with van der Waals surface area (Å²) in [7, 11) is 1.82. The molecule has 8 nitrogen and oxygen atoms in total. The van der Waals surface area contributed by atoms with Crippen molar-refractivity contribution < 1.29 is 4.74 Å². The molecule has 1 aliphatic heterocycles. The number of rotatable bonds is 5. The third kappa shape index (κ3) is 3.72. The number of nitrogens with two attached hydrogens (primary N) is 1. The fourth-order valence-corrected chi connectivity index (χ4v) is 3.35. The topological polar surface area (TPSA) is 94.1 Å². The Hall–Kier alpha value is -2.71. The highest BCUT2D eigenvalue weighted by molar-refractivity contribution is 5.98. The Morgan fingerprint density at radius 1 is 1.22 bits per heavy atom. The van der Waals surface area contributed by atoms with Gasteiger partial charge in [-0.25, -0.2) is 4.98 Å². The molecule has 0 amide bonds. The Morgan fingerprint density at radius 2 is 2.04 bits per heavy atom. The molecule has 0 spiro atoms. The van der Waals surface area contributed by atoms with Gasteiger partial charge in [0.2, 0.25) is 5.95 Å². The summed E-state index contributed by atoms with van der Waals surface area (Å²) in [5, 5.41) is 8.59. The van der Waals surface area contributed by atoms with Gasteiger partial charge in [0.05, 0.1) is 24.3 Å². The van der Waals surface area contributed by atoms with E-state index in [0.29, 0.717) is 17.4 Å². The number of nitrogens with zero attached hydrogens (tertiary/aromatic N) is 5. The smallest absolute Gasteiger partial charge is 0.225 e. The molecule has 0 atom stereocenters. The van der Waals surface area contributed by atoms with E-state index in [1.807, 2.05) is 19.2 Å². The normalized spacial score (nSPS) is 15.3. The summed E-state index contributed by atoms with van der Waals surface area (Å²) >= 11 is 0. The molecule has 142 valence electrons. The van der Waals surface area contributed by atoms with Crippen molar-refractivity contribution in [1.82, 2.24) is 24.6 Å². The van der Waals surface area contributed by atoms with Crippen molar-refractivity contribution in [3.63, 3.8) is 0 Å². The lowest BCUT2D eigenvalue weighted by molar-refractivity contribution is 0.0398. The predicted octanol–water partition coefficient (Wildman–Crippen LogP) is 1.67. The molecule has 27 heavy (non-hydrogen) atoms. The second kappa shape index (κ2) is 7.50. The van der Waals surface area contributed by atoms with Crippen LogP contribution in [0, 0.1) is 6.92 Å². The molecule has 1 aliphatic rings. The number of benzene rings is 1. The van der Waals surface area contributed by atoms with E-state index in [9.17, 15) is 0 Å². The van der Waals surface area contributed by atoms with Gasteiger partial charge in [-0.3, -0.25) is 9.58 Å². The molecule has 0 bridgehead atoms. The average Bonchev–Trinajstić information content (AvgIpc) is 2.96. The Balaban J connectivity index is 1.63. The molecule has 0 saturated carbocycles. The Bertz CT molecular complexity index is 947. The number of fused-ring (bicyclic) bond motifs is 1. The van der Waals surface area contributed by atoms with Crippen molar-refractivity contribution in [2.45, 2.75) is 6.92 Å². The lowest BCUT2D eigenvalue weighted by Crippen LogP contribution is -2.39. The minimum Gasteiger partial charge on any atom is -0.383 e. The van der Waals surface area contributed by atoms with Crippen LogP contribution in [0.25, 0.3) is 22.3 Å². The highest BCUT2D eigenvalue weighted by atomic mass is 16.5. The Morgan fingerprint density at radius 3 is 2.81 bits per heavy atom. The minimum atomic E-state index is 0.571. The monoisotopic (exact) mass is 367 g/mol. The summed E-state index contributed by atoms with van der Waals surface area (Å²) < 4.78 is 7.04. The first-order chi connectivity index (χ1) is 13.1. The molecule has 8 heteroatoms. The van der Waals surface area contributed by atoms with Crippen molar-refractivity contribution in [1.29, 1.82) is 0 Å². The van der Waals surface area contributed by atoms with Gasteiger partial charge >= 0.3 is 0 Å². The van der Waals surface area contributed by atoms with E-state index in [0.717, 1.165) is 56.0 Å². The van der Waals surface area contributed by atoms with Crippen LogP contribution in [0.4, 0.5) is 11.8 Å². The van der Waals surface area contributed by atoms with E-state index in [2.05, 4.69) is 39.4 Å². The number of ether oxygens (including phenoxy) is 1. The van der Waals surface area contributed by atoms with Gasteiger partial charge in [-0.1, -0.05) is 23.8 Å². The number of anilines is 2. The Labute approximate surface area is 158 Å². The van der Waals surface area contributed by atoms with E-state index >= 15 is 0 Å². The minimum absolute atomic E-state index is 0.571. The molecule has 0 radical (unpaired) electrons. The second-order valence-corrected chi connectivity index (χ2v) is 6.85. The van der Waals surface area contributed by atoms with Gasteiger partial charge in [0.25, 0.3) is 0 Å². The number of hydrogen-bond acceptors (Lipinski definition) is 7. The summed E-state index contributed by atoms with van der Waals surface area (Å²) in [6.45, 7) is 7.28. The van der Waals surface area contributed by atoms with Crippen LogP contribution >= 0.6 is 0 Å². The number of nitrogen functional groups attached to an aromatic ring is 1. The molecule has 3 aromatic rings. The van der Waals surface area contributed by atoms with Crippen LogP contribution in [0.15, 0.2) is 24.3 Å². The van der Waals surface area contributed by atoms with Crippen LogP contribution < -0.4 is 11.1 Å². The number of morpholine rings is 1. The number of aromatic nitrogens is 4. The van der Waals surface area contributed by atoms with Crippen LogP contribution in [-0.2, 0) is 11.8 Å². The first-order valence-electron chi connectivity index (χ1n) is 9.23. The number of hydrogen-bond donors (Lipinski definition) is 2. The standard InChI is InChI=1S/C19H25N7O/c1-13-4-3-5-14(12-13)16-15-17(20)25(2)24-18(15)23-19(22-16)21-6-7-26-8-10-27-11-9-26/h3-5,12H,6-11,20H2,1-2H3,(H,21,23,24). The fourth-order valence-electron chi connectivity index (χ4n) is 3.35. The molecular weight excluding hydrogens is 342 g/mol. The van der Waals surface area contributed by atoms with Gasteiger partial charge in [-0.15, -0.1) is 0 Å². The maximum Gasteiger partial charge on any atom is 0.225 e. The van der Waals surface area contributed by atoms with Crippen LogP contribution in [-0.4, -0.2) is 64.0 Å². The SMILES string of the molecule is Cc1cccc(-c2nc(NCCN3CCOCC3)nc3nn(C)c(N)c23)c1. The highest BCUT2D eigenvalue weighted by Crippen LogP contribution is 2.31. The molecule has 3 heterocycles. The summed E-state index contributed by atoms with van der Waals surface area (Å²) in [5.41, 5.74) is 9.84. The van der Waals surface area contributed by atoms with E-state index < -0.39 is 0 Å². The maximum absolute atomic E-state index is 6.24. The van der Waals surface area contributed by atoms with Crippen molar-refractivity contribution in [3.05, 3.63) is 29.8 Å². The molecule has 1 fully saturated rings. The molecule has 4 rings (SSSR count). The Kier molecular flexibility index (Phi) is 4.91. The molecule has 0 unspecified atom stereocenters. The molecule has 0 aliphatic carbocycles. The van der Waals surface area contributed by atoms with Crippen molar-refractivity contribution in [2.75, 3.05) is 50.4 Å². The molecule has 1 aromatic carbocycles. The van der Waals surface area contributed by atoms with Crippen molar-refractivity contribution in [3.8, 4) is 11.3 Å². The predicted molar refractivity (Wildman–Crippen MR) is 107 cm³/mol. The molecule has 2 aromatic heterocycles. The zero-order valence-corrected chi connectivity index (χ0v) is 15.8. The van der Waals surface area contributed by atoms with Crippen LogP contribution in [0.3, 0.4) is 0 Å². The lowest BCUT2D eigenvalue weighted by Gasteiger charge is -2.26. The second-order valence-electron chi connectivity index (χ2n) is 6.85. The van der Waals surface area contributed by atoms with Crippen molar-refractivity contribution >= 4 is 22.8 Å². The van der Waals surface area contributed by atoms with E-state index in [1.165, 1.54) is 5.56 Å². The van der Waals surface area contributed by atoms with Crippen LogP contribution in [0.1, 0.15) is 5.56 Å². The van der Waals surface area contributed by atoms with Crippen LogP contribution in [0.5, 0.6) is 0 Å². The van der Waals surface area contributed by atoms with Gasteiger partial charge in [-0.2, -0.15) is 10.1 Å². The number of nitrogens with one attached hydrogen (secondary N) is 1. The molecule has 3 N–H and O–H groups in total. The van der Waals surface area contributed by atoms with Crippen molar-refractivity contribution in [2.24, 2.45) is 7.05 Å². The molecular formula is C19H25N7O. The third-order valence-corrected chi connectivity index (χ3v) is 4.85. The van der Waals surface area contributed by atoms with Gasteiger partial charge < -0.3 is 15.8 Å². The fraction of sp³-hybridized carbons (Fsp3) is 0.421. The maximum atomic E-state index is 6.24. The lowest BCUT2D eigenvalue weighted by atomic mass is 10.1. The zero-order chi connectivity index (χ0) is 18.8. The van der Waals surface area contributed by atoms with Crippen LogP contribution in [0.2, 0.25) is 0 Å². The van der Waals surface area contributed by atoms with Gasteiger partial charge in [0.1, 0.15) is 5.82 Å². The van der Waals surface area contributed by atoms with Gasteiger partial charge in [0, 0.05) is 38.8 Å². The summed E-state index contributed by atoms with van der Waals surface area (Å²) in [4.78, 5) is 11.7. The van der Waals surface area contributed by atoms with E-state index in [1.54, 1.807) is 4.68 Å². The van der Waals surface area contributed by atoms with Gasteiger partial charge in [0.15, 0.2) is 5.65 Å².